The van der Waals surface area contributed by atoms with Gasteiger partial charge in [0, 0.05) is 6.26 Å². The number of hydrogen-bond acceptors (Lipinski definition) is 5. The Bertz CT molecular complexity index is 1500. The van der Waals surface area contributed by atoms with E-state index in [-0.39, 0.29) is 26.6 Å². The number of benzene rings is 3. The van der Waals surface area contributed by atoms with Gasteiger partial charge in [-0.15, -0.1) is 0 Å². The van der Waals surface area contributed by atoms with Gasteiger partial charge in [-0.05, 0) is 41.0 Å². The summed E-state index contributed by atoms with van der Waals surface area (Å²) in [5, 5.41) is 3.65. The number of hydrogen-bond donors (Lipinski definition) is 0. The van der Waals surface area contributed by atoms with Gasteiger partial charge in [0.05, 0.1) is 16.7 Å². The second-order valence-electron chi connectivity index (χ2n) is 7.75. The molecule has 0 radical (unpaired) electrons. The quantitative estimate of drug-likeness (QED) is 0.357. The number of ether oxygens (including phenoxy) is 1. The Morgan fingerprint density at radius 1 is 0.857 bits per heavy atom. The van der Waals surface area contributed by atoms with E-state index in [0.29, 0.717) is 5.56 Å². The molecule has 6 nitrogen and oxygen atoms in total. The van der Waals surface area contributed by atoms with Gasteiger partial charge < -0.3 is 4.74 Å². The summed E-state index contributed by atoms with van der Waals surface area (Å²) in [5.74, 6) is -0.121. The van der Waals surface area contributed by atoms with Crippen molar-refractivity contribution in [3.8, 4) is 33.8 Å². The van der Waals surface area contributed by atoms with Crippen LogP contribution >= 0.6 is 0 Å². The van der Waals surface area contributed by atoms with Crippen molar-refractivity contribution >= 4 is 9.84 Å². The molecule has 180 valence electrons. The first kappa shape index (κ1) is 24.2. The van der Waals surface area contributed by atoms with Gasteiger partial charge in [0.25, 0.3) is 0 Å². The summed E-state index contributed by atoms with van der Waals surface area (Å²) < 4.78 is 68.5. The third-order valence-corrected chi connectivity index (χ3v) is 6.23. The zero-order valence-corrected chi connectivity index (χ0v) is 19.2. The van der Waals surface area contributed by atoms with Crippen LogP contribution in [0.25, 0.3) is 22.3 Å². The highest BCUT2D eigenvalue weighted by molar-refractivity contribution is 7.90. The van der Waals surface area contributed by atoms with Crippen LogP contribution in [0.3, 0.4) is 0 Å². The third kappa shape index (κ3) is 5.78. The summed E-state index contributed by atoms with van der Waals surface area (Å²) in [6.45, 7) is -1.58. The summed E-state index contributed by atoms with van der Waals surface area (Å²) in [4.78, 5) is 13.0. The van der Waals surface area contributed by atoms with Gasteiger partial charge in [-0.2, -0.15) is 18.3 Å². The molecule has 1 aromatic heterocycles. The maximum atomic E-state index is 13.0. The maximum Gasteiger partial charge on any atom is 0.408 e. The minimum atomic E-state index is -4.66. The predicted molar refractivity (Wildman–Crippen MR) is 125 cm³/mol. The molecule has 0 atom stereocenters. The average Bonchev–Trinajstić information content (AvgIpc) is 2.81. The van der Waals surface area contributed by atoms with Crippen molar-refractivity contribution in [3.63, 3.8) is 0 Å². The molecule has 0 unspecified atom stereocenters. The highest BCUT2D eigenvalue weighted by Gasteiger charge is 2.30. The van der Waals surface area contributed by atoms with Crippen LogP contribution in [0.5, 0.6) is 11.5 Å². The Kier molecular flexibility index (Phi) is 6.49. The van der Waals surface area contributed by atoms with Gasteiger partial charge in [0.15, 0.2) is 9.84 Å². The number of sulfone groups is 1. The van der Waals surface area contributed by atoms with Gasteiger partial charge in [0.2, 0.25) is 5.75 Å². The third-order valence-electron chi connectivity index (χ3n) is 5.10. The Hall–Kier alpha value is -3.92. The van der Waals surface area contributed by atoms with E-state index in [1.807, 2.05) is 30.3 Å². The monoisotopic (exact) mass is 500 g/mol. The summed E-state index contributed by atoms with van der Waals surface area (Å²) in [5.41, 5.74) is 1.26. The summed E-state index contributed by atoms with van der Waals surface area (Å²) in [7, 11) is -3.46. The summed E-state index contributed by atoms with van der Waals surface area (Å²) in [6.07, 6.45) is -2.52. The number of alkyl halides is 3. The Morgan fingerprint density at radius 2 is 1.43 bits per heavy atom. The van der Waals surface area contributed by atoms with Crippen LogP contribution < -0.4 is 10.3 Å². The smallest absolute Gasteiger partial charge is 0.408 e. The first-order valence-electron chi connectivity index (χ1n) is 10.3. The molecule has 0 saturated carbocycles. The van der Waals surface area contributed by atoms with Gasteiger partial charge in [-0.25, -0.2) is 13.1 Å². The second kappa shape index (κ2) is 9.38. The highest BCUT2D eigenvalue weighted by atomic mass is 32.2. The minimum Gasteiger partial charge on any atom is -0.451 e. The van der Waals surface area contributed by atoms with Gasteiger partial charge in [-0.1, -0.05) is 54.6 Å². The normalized spacial score (nSPS) is 11.9. The average molecular weight is 500 g/mol. The molecule has 0 fully saturated rings. The number of nitrogens with zero attached hydrogens (tertiary/aromatic N) is 2. The molecule has 0 saturated heterocycles. The van der Waals surface area contributed by atoms with Crippen LogP contribution in [-0.2, 0) is 16.4 Å². The molecule has 0 amide bonds. The number of halogens is 3. The van der Waals surface area contributed by atoms with Crippen molar-refractivity contribution < 1.29 is 26.3 Å². The van der Waals surface area contributed by atoms with Gasteiger partial charge in [0.1, 0.15) is 12.3 Å². The fraction of sp³-hybridized carbons (Fsp3) is 0.120. The van der Waals surface area contributed by atoms with E-state index in [1.54, 1.807) is 24.3 Å². The first-order chi connectivity index (χ1) is 16.5. The molecular weight excluding hydrogens is 481 g/mol. The molecule has 0 aliphatic heterocycles. The zero-order chi connectivity index (χ0) is 25.2. The fourth-order valence-electron chi connectivity index (χ4n) is 3.40. The van der Waals surface area contributed by atoms with Gasteiger partial charge in [-0.3, -0.25) is 4.79 Å². The topological polar surface area (TPSA) is 78.3 Å². The van der Waals surface area contributed by atoms with Crippen LogP contribution in [0.2, 0.25) is 0 Å². The largest absolute Gasteiger partial charge is 0.451 e. The molecule has 10 heteroatoms. The molecule has 0 N–H and O–H groups in total. The van der Waals surface area contributed by atoms with Crippen LogP contribution in [0, 0.1) is 0 Å². The van der Waals surface area contributed by atoms with Crippen molar-refractivity contribution in [1.82, 2.24) is 9.78 Å². The van der Waals surface area contributed by atoms with E-state index in [4.69, 9.17) is 4.74 Å². The lowest BCUT2D eigenvalue weighted by atomic mass is 10.1. The van der Waals surface area contributed by atoms with E-state index in [1.165, 1.54) is 24.3 Å². The summed E-state index contributed by atoms with van der Waals surface area (Å²) in [6, 6.07) is 21.8. The van der Waals surface area contributed by atoms with Crippen LogP contribution in [0.4, 0.5) is 13.2 Å². The fourth-order valence-corrected chi connectivity index (χ4v) is 4.03. The molecule has 3 aromatic carbocycles. The lowest BCUT2D eigenvalue weighted by Gasteiger charge is -2.14. The Morgan fingerprint density at radius 3 is 2.00 bits per heavy atom. The second-order valence-corrected chi connectivity index (χ2v) is 9.77. The molecule has 0 aliphatic carbocycles. The van der Waals surface area contributed by atoms with E-state index >= 15 is 0 Å². The van der Waals surface area contributed by atoms with Crippen molar-refractivity contribution in [2.45, 2.75) is 17.6 Å². The molecule has 0 spiro atoms. The molecular formula is C25H19F3N2O4S. The SMILES string of the molecule is CS(=O)(=O)c1ccc(-c2cnn(CC(F)(F)F)c(=O)c2Oc2ccc(-c3ccccc3)cc2)cc1. The molecule has 35 heavy (non-hydrogen) atoms. The van der Waals surface area contributed by atoms with Crippen LogP contribution in [-0.4, -0.2) is 30.6 Å². The van der Waals surface area contributed by atoms with Crippen molar-refractivity contribution in [3.05, 3.63) is 95.4 Å². The minimum absolute atomic E-state index is 0.0543. The molecule has 4 aromatic rings. The first-order valence-corrected chi connectivity index (χ1v) is 12.2. The van der Waals surface area contributed by atoms with Crippen LogP contribution in [0.1, 0.15) is 0 Å². The maximum absolute atomic E-state index is 13.0. The predicted octanol–water partition coefficient (Wildman–Crippen LogP) is 5.34. The Balaban J connectivity index is 1.76. The van der Waals surface area contributed by atoms with E-state index in [0.717, 1.165) is 23.6 Å². The van der Waals surface area contributed by atoms with E-state index in [9.17, 15) is 26.4 Å². The summed E-state index contributed by atoms with van der Waals surface area (Å²) >= 11 is 0. The molecule has 1 heterocycles. The van der Waals surface area contributed by atoms with E-state index < -0.39 is 28.1 Å². The van der Waals surface area contributed by atoms with Crippen LogP contribution in [0.15, 0.2) is 94.7 Å². The number of rotatable bonds is 6. The molecule has 4 rings (SSSR count). The van der Waals surface area contributed by atoms with Crippen molar-refractivity contribution in [2.24, 2.45) is 0 Å². The van der Waals surface area contributed by atoms with Crippen molar-refractivity contribution in [2.75, 3.05) is 6.26 Å². The zero-order valence-electron chi connectivity index (χ0n) is 18.4. The van der Waals surface area contributed by atoms with Gasteiger partial charge >= 0.3 is 11.7 Å². The van der Waals surface area contributed by atoms with E-state index in [2.05, 4.69) is 5.10 Å². The standard InChI is InChI=1S/C25H19F3N2O4S/c1-35(32,33)21-13-9-19(10-14-21)22-15-29-30(16-25(26,27)28)24(31)23(22)34-20-11-7-18(8-12-20)17-5-3-2-4-6-17/h2-15H,16H2,1H3. The molecule has 0 aliphatic rings. The molecule has 0 bridgehead atoms. The van der Waals surface area contributed by atoms with Crippen molar-refractivity contribution in [1.29, 1.82) is 0 Å². The highest BCUT2D eigenvalue weighted by Crippen LogP contribution is 2.32. The number of aromatic nitrogens is 2. The lowest BCUT2D eigenvalue weighted by Crippen LogP contribution is -2.30. The lowest BCUT2D eigenvalue weighted by molar-refractivity contribution is -0.143. The Labute approximate surface area is 199 Å².